The van der Waals surface area contributed by atoms with E-state index in [1.807, 2.05) is 0 Å². The molecule has 0 aromatic heterocycles. The topological polar surface area (TPSA) is 32.5 Å². The van der Waals surface area contributed by atoms with Crippen molar-refractivity contribution in [3.05, 3.63) is 0 Å². The van der Waals surface area contributed by atoms with E-state index in [2.05, 4.69) is 16.7 Å². The molecular weight excluding hydrogens is 246 g/mol. The van der Waals surface area contributed by atoms with Gasteiger partial charge in [0.05, 0.1) is 0 Å². The van der Waals surface area contributed by atoms with Crippen LogP contribution in [0.5, 0.6) is 0 Å². The Morgan fingerprint density at radius 1 is 1.15 bits per heavy atom. The average molecular weight is 277 g/mol. The van der Waals surface area contributed by atoms with E-state index in [-0.39, 0.29) is 0 Å². The summed E-state index contributed by atoms with van der Waals surface area (Å²) in [5, 5.41) is 0. The molecule has 5 atom stereocenters. The predicted octanol–water partition coefficient (Wildman–Crippen LogP) is 2.06. The Hall–Kier alpha value is -0.120. The lowest BCUT2D eigenvalue weighted by atomic mass is 9.77. The fourth-order valence-electron chi connectivity index (χ4n) is 6.11. The molecule has 4 fully saturated rings. The van der Waals surface area contributed by atoms with Crippen LogP contribution in [0.3, 0.4) is 0 Å². The molecule has 5 unspecified atom stereocenters. The van der Waals surface area contributed by atoms with E-state index in [0.717, 1.165) is 24.4 Å². The van der Waals surface area contributed by atoms with E-state index in [4.69, 9.17) is 5.73 Å². The molecule has 0 aromatic rings. The number of nitrogens with two attached hydrogens (primary N) is 1. The molecule has 2 aliphatic heterocycles. The van der Waals surface area contributed by atoms with Crippen LogP contribution in [0.4, 0.5) is 0 Å². The number of rotatable bonds is 2. The number of piperidine rings is 1. The third kappa shape index (κ3) is 1.89. The van der Waals surface area contributed by atoms with Gasteiger partial charge in [-0.25, -0.2) is 0 Å². The minimum atomic E-state index is 0.367. The molecule has 3 nitrogen and oxygen atoms in total. The van der Waals surface area contributed by atoms with Gasteiger partial charge < -0.3 is 5.73 Å². The maximum Gasteiger partial charge on any atom is 0.0366 e. The second-order valence-electron chi connectivity index (χ2n) is 8.03. The van der Waals surface area contributed by atoms with E-state index >= 15 is 0 Å². The quantitative estimate of drug-likeness (QED) is 0.838. The number of fused-ring (bicyclic) bond motifs is 3. The van der Waals surface area contributed by atoms with Crippen molar-refractivity contribution in [2.75, 3.05) is 26.2 Å². The van der Waals surface area contributed by atoms with Crippen molar-refractivity contribution in [1.29, 1.82) is 0 Å². The zero-order chi connectivity index (χ0) is 13.7. The van der Waals surface area contributed by atoms with Gasteiger partial charge in [0.15, 0.2) is 0 Å². The Balaban J connectivity index is 1.57. The maximum absolute atomic E-state index is 6.36. The third-order valence-electron chi connectivity index (χ3n) is 7.06. The predicted molar refractivity (Wildman–Crippen MR) is 82.6 cm³/mol. The monoisotopic (exact) mass is 277 g/mol. The highest BCUT2D eigenvalue weighted by atomic mass is 15.3. The first-order valence-corrected chi connectivity index (χ1v) is 8.94. The Kier molecular flexibility index (Phi) is 3.36. The molecule has 2 saturated carbocycles. The van der Waals surface area contributed by atoms with Crippen molar-refractivity contribution in [2.24, 2.45) is 17.6 Å². The van der Waals surface area contributed by atoms with Crippen LogP contribution >= 0.6 is 0 Å². The summed E-state index contributed by atoms with van der Waals surface area (Å²) in [6, 6.07) is 1.52. The largest absolute Gasteiger partial charge is 0.329 e. The standard InChI is InChI=1S/C17H31N3/c1-13-10-19-7-3-2-4-16(19)11-20(13)17(12-18)9-14-5-6-15(17)8-14/h13-16H,2-12,18H2,1H3. The van der Waals surface area contributed by atoms with E-state index in [1.165, 1.54) is 64.6 Å². The first kappa shape index (κ1) is 13.5. The molecule has 2 bridgehead atoms. The molecule has 2 aliphatic carbocycles. The maximum atomic E-state index is 6.36. The third-order valence-corrected chi connectivity index (χ3v) is 7.06. The van der Waals surface area contributed by atoms with Gasteiger partial charge in [-0.3, -0.25) is 9.80 Å². The van der Waals surface area contributed by atoms with Crippen molar-refractivity contribution in [3.8, 4) is 0 Å². The van der Waals surface area contributed by atoms with Gasteiger partial charge in [-0.2, -0.15) is 0 Å². The van der Waals surface area contributed by atoms with Crippen LogP contribution in [-0.4, -0.2) is 53.6 Å². The van der Waals surface area contributed by atoms with Crippen LogP contribution in [0.15, 0.2) is 0 Å². The van der Waals surface area contributed by atoms with E-state index in [0.29, 0.717) is 11.6 Å². The summed E-state index contributed by atoms with van der Waals surface area (Å²) in [6.07, 6.45) is 10.0. The summed E-state index contributed by atoms with van der Waals surface area (Å²) < 4.78 is 0. The van der Waals surface area contributed by atoms with Gasteiger partial charge in [-0.1, -0.05) is 12.8 Å². The summed E-state index contributed by atoms with van der Waals surface area (Å²) in [4.78, 5) is 5.64. The van der Waals surface area contributed by atoms with Crippen LogP contribution in [0, 0.1) is 11.8 Å². The Morgan fingerprint density at radius 2 is 2.05 bits per heavy atom. The Bertz CT molecular complexity index is 371. The first-order chi connectivity index (χ1) is 9.73. The summed E-state index contributed by atoms with van der Waals surface area (Å²) in [5.74, 6) is 1.88. The summed E-state index contributed by atoms with van der Waals surface area (Å²) >= 11 is 0. The van der Waals surface area contributed by atoms with Crippen molar-refractivity contribution < 1.29 is 0 Å². The van der Waals surface area contributed by atoms with E-state index < -0.39 is 0 Å². The SMILES string of the molecule is CC1CN2CCCCC2CN1C1(CN)CC2CCC1C2. The van der Waals surface area contributed by atoms with Gasteiger partial charge in [0.1, 0.15) is 0 Å². The lowest BCUT2D eigenvalue weighted by molar-refractivity contribution is -0.0657. The van der Waals surface area contributed by atoms with Crippen molar-refractivity contribution in [2.45, 2.75) is 69.5 Å². The number of hydrogen-bond acceptors (Lipinski definition) is 3. The lowest BCUT2D eigenvalue weighted by Crippen LogP contribution is -2.68. The van der Waals surface area contributed by atoms with Crippen LogP contribution in [-0.2, 0) is 0 Å². The fourth-order valence-corrected chi connectivity index (χ4v) is 6.11. The first-order valence-electron chi connectivity index (χ1n) is 8.94. The minimum Gasteiger partial charge on any atom is -0.329 e. The van der Waals surface area contributed by atoms with Gasteiger partial charge in [-0.15, -0.1) is 0 Å². The minimum absolute atomic E-state index is 0.367. The molecule has 0 spiro atoms. The number of nitrogens with zero attached hydrogens (tertiary/aromatic N) is 2. The Morgan fingerprint density at radius 3 is 2.75 bits per heavy atom. The molecule has 2 saturated heterocycles. The molecule has 0 radical (unpaired) electrons. The fraction of sp³-hybridized carbons (Fsp3) is 1.00. The van der Waals surface area contributed by atoms with Crippen LogP contribution < -0.4 is 5.73 Å². The van der Waals surface area contributed by atoms with Crippen LogP contribution in [0.25, 0.3) is 0 Å². The molecule has 4 rings (SSSR count). The smallest absolute Gasteiger partial charge is 0.0366 e. The van der Waals surface area contributed by atoms with Gasteiger partial charge in [0.2, 0.25) is 0 Å². The van der Waals surface area contributed by atoms with Crippen LogP contribution in [0.1, 0.15) is 51.9 Å². The summed E-state index contributed by atoms with van der Waals surface area (Å²) in [6.45, 7) is 7.26. The van der Waals surface area contributed by atoms with Crippen molar-refractivity contribution in [1.82, 2.24) is 9.80 Å². The second-order valence-corrected chi connectivity index (χ2v) is 8.03. The highest BCUT2D eigenvalue weighted by Crippen LogP contribution is 2.54. The zero-order valence-corrected chi connectivity index (χ0v) is 13.1. The molecule has 2 heterocycles. The second kappa shape index (κ2) is 4.96. The Labute approximate surface area is 123 Å². The molecule has 2 N–H and O–H groups in total. The normalized spacial score (nSPS) is 49.5. The van der Waals surface area contributed by atoms with Crippen molar-refractivity contribution in [3.63, 3.8) is 0 Å². The van der Waals surface area contributed by atoms with Crippen molar-refractivity contribution >= 4 is 0 Å². The molecule has 4 aliphatic rings. The van der Waals surface area contributed by atoms with Gasteiger partial charge in [0.25, 0.3) is 0 Å². The highest BCUT2D eigenvalue weighted by molar-refractivity contribution is 5.11. The zero-order valence-electron chi connectivity index (χ0n) is 13.1. The van der Waals surface area contributed by atoms with Gasteiger partial charge in [-0.05, 0) is 57.4 Å². The number of piperazine rings is 1. The van der Waals surface area contributed by atoms with Gasteiger partial charge >= 0.3 is 0 Å². The average Bonchev–Trinajstić information content (AvgIpc) is 3.07. The molecule has 0 amide bonds. The van der Waals surface area contributed by atoms with E-state index in [9.17, 15) is 0 Å². The molecule has 3 heteroatoms. The lowest BCUT2D eigenvalue weighted by Gasteiger charge is -2.56. The number of hydrogen-bond donors (Lipinski definition) is 1. The van der Waals surface area contributed by atoms with Crippen LogP contribution in [0.2, 0.25) is 0 Å². The molecule has 114 valence electrons. The summed E-state index contributed by atoms with van der Waals surface area (Å²) in [5.41, 5.74) is 6.73. The molecular formula is C17H31N3. The molecule has 20 heavy (non-hydrogen) atoms. The summed E-state index contributed by atoms with van der Waals surface area (Å²) in [7, 11) is 0. The van der Waals surface area contributed by atoms with E-state index in [1.54, 1.807) is 0 Å². The molecule has 0 aromatic carbocycles. The highest BCUT2D eigenvalue weighted by Gasteiger charge is 2.55. The van der Waals surface area contributed by atoms with Gasteiger partial charge in [0, 0.05) is 37.3 Å².